The summed E-state index contributed by atoms with van der Waals surface area (Å²) in [4.78, 5) is 0. The van der Waals surface area contributed by atoms with E-state index in [1.807, 2.05) is 6.08 Å². The fourth-order valence-corrected chi connectivity index (χ4v) is 1.69. The van der Waals surface area contributed by atoms with Crippen molar-refractivity contribution in [2.24, 2.45) is 0 Å². The summed E-state index contributed by atoms with van der Waals surface area (Å²) >= 11 is 0. The molecular formula is C15H28O. The van der Waals surface area contributed by atoms with Crippen LogP contribution in [-0.2, 0) is 4.74 Å². The highest BCUT2D eigenvalue weighted by molar-refractivity contribution is 4.99. The lowest BCUT2D eigenvalue weighted by atomic mass is 10.1. The third kappa shape index (κ3) is 13.3. The summed E-state index contributed by atoms with van der Waals surface area (Å²) in [7, 11) is 1.67. The maximum atomic E-state index is 4.80. The molecule has 0 amide bonds. The summed E-state index contributed by atoms with van der Waals surface area (Å²) in [5.74, 6) is 0. The van der Waals surface area contributed by atoms with Crippen LogP contribution in [0.1, 0.15) is 64.7 Å². The van der Waals surface area contributed by atoms with Crippen molar-refractivity contribution in [3.63, 3.8) is 0 Å². The molecule has 0 saturated carbocycles. The fraction of sp³-hybridized carbons (Fsp3) is 0.733. The van der Waals surface area contributed by atoms with E-state index in [2.05, 4.69) is 19.1 Å². The summed E-state index contributed by atoms with van der Waals surface area (Å²) in [6, 6.07) is 0. The number of ether oxygens (including phenoxy) is 1. The van der Waals surface area contributed by atoms with Crippen LogP contribution in [0.15, 0.2) is 24.5 Å². The largest absolute Gasteiger partial charge is 0.504 e. The zero-order chi connectivity index (χ0) is 11.9. The summed E-state index contributed by atoms with van der Waals surface area (Å²) < 4.78 is 4.80. The van der Waals surface area contributed by atoms with E-state index in [1.165, 1.54) is 57.8 Å². The average molecular weight is 224 g/mol. The molecule has 0 aromatic rings. The van der Waals surface area contributed by atoms with Crippen LogP contribution in [0.3, 0.4) is 0 Å². The molecule has 0 N–H and O–H groups in total. The Bertz CT molecular complexity index is 170. The molecule has 0 rings (SSSR count). The standard InChI is InChI=1S/C15H28O/c1-3-4-5-6-7-8-9-10-11-12-13-14-15-16-2/h12-15H,3-11H2,1-2H3/b13-12+,15-14+. The SMILES string of the molecule is CCCCCCCCCC/C=C/C=C/OC. The van der Waals surface area contributed by atoms with Gasteiger partial charge in [0.15, 0.2) is 0 Å². The van der Waals surface area contributed by atoms with Gasteiger partial charge in [0.2, 0.25) is 0 Å². The van der Waals surface area contributed by atoms with Gasteiger partial charge in [-0.2, -0.15) is 0 Å². The molecular weight excluding hydrogens is 196 g/mol. The molecule has 0 spiro atoms. The van der Waals surface area contributed by atoms with E-state index in [4.69, 9.17) is 4.74 Å². The van der Waals surface area contributed by atoms with Gasteiger partial charge in [-0.1, -0.05) is 64.0 Å². The van der Waals surface area contributed by atoms with Crippen molar-refractivity contribution in [3.05, 3.63) is 24.5 Å². The van der Waals surface area contributed by atoms with Gasteiger partial charge in [0.1, 0.15) is 0 Å². The molecule has 0 aromatic carbocycles. The quantitative estimate of drug-likeness (QED) is 0.265. The maximum absolute atomic E-state index is 4.80. The van der Waals surface area contributed by atoms with Crippen molar-refractivity contribution in [1.82, 2.24) is 0 Å². The fourth-order valence-electron chi connectivity index (χ4n) is 1.69. The molecule has 0 aromatic heterocycles. The lowest BCUT2D eigenvalue weighted by molar-refractivity contribution is 0.338. The van der Waals surface area contributed by atoms with Gasteiger partial charge in [0.25, 0.3) is 0 Å². The van der Waals surface area contributed by atoms with E-state index in [0.717, 1.165) is 0 Å². The molecule has 16 heavy (non-hydrogen) atoms. The molecule has 0 atom stereocenters. The van der Waals surface area contributed by atoms with Crippen LogP contribution < -0.4 is 0 Å². The van der Waals surface area contributed by atoms with E-state index in [-0.39, 0.29) is 0 Å². The molecule has 0 saturated heterocycles. The highest BCUT2D eigenvalue weighted by Gasteiger charge is 1.89. The van der Waals surface area contributed by atoms with Gasteiger partial charge in [-0.05, 0) is 18.9 Å². The van der Waals surface area contributed by atoms with Crippen LogP contribution in [-0.4, -0.2) is 7.11 Å². The van der Waals surface area contributed by atoms with Gasteiger partial charge in [0.05, 0.1) is 13.4 Å². The van der Waals surface area contributed by atoms with Gasteiger partial charge < -0.3 is 4.74 Å². The predicted molar refractivity (Wildman–Crippen MR) is 72.5 cm³/mol. The zero-order valence-electron chi connectivity index (χ0n) is 11.1. The normalized spacial score (nSPS) is 11.6. The molecule has 0 fully saturated rings. The van der Waals surface area contributed by atoms with Crippen LogP contribution >= 0.6 is 0 Å². The monoisotopic (exact) mass is 224 g/mol. The molecule has 94 valence electrons. The molecule has 0 aliphatic heterocycles. The van der Waals surface area contributed by atoms with Crippen molar-refractivity contribution in [2.75, 3.05) is 7.11 Å². The zero-order valence-corrected chi connectivity index (χ0v) is 11.1. The Kier molecular flexibility index (Phi) is 13.6. The third-order valence-electron chi connectivity index (χ3n) is 2.69. The van der Waals surface area contributed by atoms with Crippen molar-refractivity contribution in [2.45, 2.75) is 64.7 Å². The second-order valence-electron chi connectivity index (χ2n) is 4.26. The molecule has 1 heteroatoms. The van der Waals surface area contributed by atoms with Gasteiger partial charge in [-0.25, -0.2) is 0 Å². The number of hydrogen-bond acceptors (Lipinski definition) is 1. The first kappa shape index (κ1) is 15.3. The Morgan fingerprint density at radius 2 is 1.44 bits per heavy atom. The van der Waals surface area contributed by atoms with E-state index >= 15 is 0 Å². The minimum atomic E-state index is 1.20. The Hall–Kier alpha value is -0.720. The smallest absolute Gasteiger partial charge is 0.0824 e. The van der Waals surface area contributed by atoms with Crippen molar-refractivity contribution in [1.29, 1.82) is 0 Å². The summed E-state index contributed by atoms with van der Waals surface area (Å²) in [5.41, 5.74) is 0. The Labute approximate surface area is 102 Å². The van der Waals surface area contributed by atoms with Crippen LogP contribution in [0.2, 0.25) is 0 Å². The van der Waals surface area contributed by atoms with Crippen molar-refractivity contribution >= 4 is 0 Å². The van der Waals surface area contributed by atoms with Crippen molar-refractivity contribution < 1.29 is 4.74 Å². The molecule has 0 aliphatic rings. The van der Waals surface area contributed by atoms with Crippen LogP contribution in [0.5, 0.6) is 0 Å². The Morgan fingerprint density at radius 1 is 0.812 bits per heavy atom. The number of rotatable bonds is 11. The topological polar surface area (TPSA) is 9.23 Å². The summed E-state index contributed by atoms with van der Waals surface area (Å²) in [5, 5.41) is 0. The number of allylic oxidation sites excluding steroid dienone is 3. The van der Waals surface area contributed by atoms with Crippen LogP contribution in [0, 0.1) is 0 Å². The lowest BCUT2D eigenvalue weighted by Crippen LogP contribution is -1.79. The lowest BCUT2D eigenvalue weighted by Gasteiger charge is -1.99. The van der Waals surface area contributed by atoms with Crippen molar-refractivity contribution in [3.8, 4) is 0 Å². The Morgan fingerprint density at radius 3 is 2.06 bits per heavy atom. The molecule has 1 nitrogen and oxygen atoms in total. The minimum absolute atomic E-state index is 1.20. The number of methoxy groups -OCH3 is 1. The minimum Gasteiger partial charge on any atom is -0.504 e. The predicted octanol–water partition coefficient (Wildman–Crippen LogP) is 5.23. The number of unbranched alkanes of at least 4 members (excludes halogenated alkanes) is 8. The molecule has 0 unspecified atom stereocenters. The second kappa shape index (κ2) is 14.3. The Balaban J connectivity index is 3.03. The summed E-state index contributed by atoms with van der Waals surface area (Å²) in [6.45, 7) is 2.27. The van der Waals surface area contributed by atoms with E-state index < -0.39 is 0 Å². The van der Waals surface area contributed by atoms with E-state index in [9.17, 15) is 0 Å². The van der Waals surface area contributed by atoms with E-state index in [1.54, 1.807) is 13.4 Å². The highest BCUT2D eigenvalue weighted by Crippen LogP contribution is 2.09. The molecule has 0 radical (unpaired) electrons. The first-order valence-corrected chi connectivity index (χ1v) is 6.76. The third-order valence-corrected chi connectivity index (χ3v) is 2.69. The molecule has 0 heterocycles. The first-order chi connectivity index (χ1) is 7.91. The van der Waals surface area contributed by atoms with Crippen LogP contribution in [0.25, 0.3) is 0 Å². The van der Waals surface area contributed by atoms with Gasteiger partial charge >= 0.3 is 0 Å². The molecule has 0 bridgehead atoms. The highest BCUT2D eigenvalue weighted by atomic mass is 16.5. The van der Waals surface area contributed by atoms with Gasteiger partial charge in [0, 0.05) is 0 Å². The average Bonchev–Trinajstić information content (AvgIpc) is 2.31. The van der Waals surface area contributed by atoms with Crippen LogP contribution in [0.4, 0.5) is 0 Å². The maximum Gasteiger partial charge on any atom is 0.0824 e. The van der Waals surface area contributed by atoms with E-state index in [0.29, 0.717) is 0 Å². The van der Waals surface area contributed by atoms with Gasteiger partial charge in [-0.3, -0.25) is 0 Å². The second-order valence-corrected chi connectivity index (χ2v) is 4.26. The summed E-state index contributed by atoms with van der Waals surface area (Å²) in [6.07, 6.45) is 20.3. The van der Waals surface area contributed by atoms with Gasteiger partial charge in [-0.15, -0.1) is 0 Å². The molecule has 0 aliphatic carbocycles. The number of hydrogen-bond donors (Lipinski definition) is 0. The first-order valence-electron chi connectivity index (χ1n) is 6.76.